The lowest BCUT2D eigenvalue weighted by Crippen LogP contribution is -2.11. The molecule has 0 N–H and O–H groups in total. The Labute approximate surface area is 116 Å². The Hall–Kier alpha value is -2.60. The summed E-state index contributed by atoms with van der Waals surface area (Å²) in [6.07, 6.45) is 0. The SMILES string of the molecule is CC(C)(C#Cc1cccc2oc3ccccc3c12)N=O. The number of furan rings is 1. The third kappa shape index (κ3) is 2.06. The Bertz CT molecular complexity index is 863. The summed E-state index contributed by atoms with van der Waals surface area (Å²) in [5, 5.41) is 5.03. The predicted octanol–water partition coefficient (Wildman–Crippen LogP) is 4.48. The fraction of sp³-hybridized carbons (Fsp3) is 0.176. The summed E-state index contributed by atoms with van der Waals surface area (Å²) in [6, 6.07) is 13.6. The first-order valence-corrected chi connectivity index (χ1v) is 6.39. The van der Waals surface area contributed by atoms with E-state index in [1.165, 1.54) is 0 Å². The lowest BCUT2D eigenvalue weighted by molar-refractivity contribution is 0.669. The van der Waals surface area contributed by atoms with Gasteiger partial charge in [0.25, 0.3) is 0 Å². The Kier molecular flexibility index (Phi) is 2.80. The lowest BCUT2D eigenvalue weighted by atomic mass is 10.0. The van der Waals surface area contributed by atoms with Crippen molar-refractivity contribution >= 4 is 21.9 Å². The van der Waals surface area contributed by atoms with E-state index >= 15 is 0 Å². The van der Waals surface area contributed by atoms with Crippen molar-refractivity contribution in [2.45, 2.75) is 19.4 Å². The molecule has 3 rings (SSSR count). The second-order valence-corrected chi connectivity index (χ2v) is 5.18. The van der Waals surface area contributed by atoms with Crippen molar-refractivity contribution in [1.29, 1.82) is 0 Å². The molecule has 3 heteroatoms. The van der Waals surface area contributed by atoms with E-state index in [1.807, 2.05) is 42.5 Å². The molecule has 0 fully saturated rings. The van der Waals surface area contributed by atoms with Crippen LogP contribution in [0.5, 0.6) is 0 Å². The predicted molar refractivity (Wildman–Crippen MR) is 80.5 cm³/mol. The second kappa shape index (κ2) is 4.50. The van der Waals surface area contributed by atoms with E-state index < -0.39 is 5.54 Å². The minimum Gasteiger partial charge on any atom is -0.456 e. The fourth-order valence-electron chi connectivity index (χ4n) is 2.12. The van der Waals surface area contributed by atoms with Crippen LogP contribution in [0.4, 0.5) is 0 Å². The van der Waals surface area contributed by atoms with Gasteiger partial charge in [0.05, 0.1) is 0 Å². The summed E-state index contributed by atoms with van der Waals surface area (Å²) < 4.78 is 5.80. The van der Waals surface area contributed by atoms with Gasteiger partial charge in [0.1, 0.15) is 11.2 Å². The number of hydrogen-bond acceptors (Lipinski definition) is 3. The van der Waals surface area contributed by atoms with Crippen molar-refractivity contribution in [3.63, 3.8) is 0 Å². The van der Waals surface area contributed by atoms with Crippen molar-refractivity contribution in [2.75, 3.05) is 0 Å². The molecule has 0 aliphatic rings. The van der Waals surface area contributed by atoms with Gasteiger partial charge in [0, 0.05) is 16.3 Å². The van der Waals surface area contributed by atoms with Gasteiger partial charge in [-0.3, -0.25) is 0 Å². The van der Waals surface area contributed by atoms with E-state index in [0.29, 0.717) is 0 Å². The zero-order chi connectivity index (χ0) is 14.2. The molecule has 3 aromatic rings. The van der Waals surface area contributed by atoms with E-state index in [-0.39, 0.29) is 0 Å². The molecule has 0 amide bonds. The molecule has 0 saturated heterocycles. The van der Waals surface area contributed by atoms with E-state index in [4.69, 9.17) is 4.42 Å². The van der Waals surface area contributed by atoms with Crippen LogP contribution in [-0.4, -0.2) is 5.54 Å². The molecule has 98 valence electrons. The monoisotopic (exact) mass is 263 g/mol. The van der Waals surface area contributed by atoms with Gasteiger partial charge >= 0.3 is 0 Å². The lowest BCUT2D eigenvalue weighted by Gasteiger charge is -2.03. The van der Waals surface area contributed by atoms with Crippen molar-refractivity contribution in [3.05, 3.63) is 52.9 Å². The maximum absolute atomic E-state index is 10.7. The average molecular weight is 263 g/mol. The van der Waals surface area contributed by atoms with Gasteiger partial charge in [-0.15, -0.1) is 4.91 Å². The quantitative estimate of drug-likeness (QED) is 0.479. The van der Waals surface area contributed by atoms with E-state index in [2.05, 4.69) is 17.0 Å². The summed E-state index contributed by atoms with van der Waals surface area (Å²) in [5.74, 6) is 5.95. The zero-order valence-electron chi connectivity index (χ0n) is 11.3. The van der Waals surface area contributed by atoms with Crippen LogP contribution in [0.15, 0.2) is 52.1 Å². The number of nitrogens with zero attached hydrogens (tertiary/aromatic N) is 1. The van der Waals surface area contributed by atoms with Crippen molar-refractivity contribution in [2.24, 2.45) is 5.18 Å². The fourth-order valence-corrected chi connectivity index (χ4v) is 2.12. The molecule has 0 radical (unpaired) electrons. The maximum atomic E-state index is 10.7. The normalized spacial score (nSPS) is 11.3. The minimum atomic E-state index is -0.887. The summed E-state index contributed by atoms with van der Waals surface area (Å²) in [6.45, 7) is 3.39. The topological polar surface area (TPSA) is 42.6 Å². The van der Waals surface area contributed by atoms with Crippen LogP contribution in [-0.2, 0) is 0 Å². The molecule has 2 aromatic carbocycles. The zero-order valence-corrected chi connectivity index (χ0v) is 11.3. The van der Waals surface area contributed by atoms with Crippen LogP contribution in [0.3, 0.4) is 0 Å². The van der Waals surface area contributed by atoms with Crippen LogP contribution in [0, 0.1) is 16.7 Å². The minimum absolute atomic E-state index is 0.801. The number of fused-ring (bicyclic) bond motifs is 3. The molecule has 0 atom stereocenters. The molecular formula is C17H13NO2. The molecular weight excluding hydrogens is 250 g/mol. The van der Waals surface area contributed by atoms with E-state index in [0.717, 1.165) is 27.5 Å². The molecule has 1 heterocycles. The first-order valence-electron chi connectivity index (χ1n) is 6.39. The largest absolute Gasteiger partial charge is 0.456 e. The van der Waals surface area contributed by atoms with Gasteiger partial charge in [-0.05, 0) is 32.0 Å². The molecule has 0 saturated carbocycles. The Morgan fingerprint density at radius 3 is 2.60 bits per heavy atom. The van der Waals surface area contributed by atoms with E-state index in [1.54, 1.807) is 13.8 Å². The number of benzene rings is 2. The molecule has 0 spiro atoms. The first kappa shape index (κ1) is 12.4. The summed E-state index contributed by atoms with van der Waals surface area (Å²) in [5.41, 5.74) is 1.60. The number of hydrogen-bond donors (Lipinski definition) is 0. The molecule has 1 aromatic heterocycles. The number of para-hydroxylation sites is 1. The van der Waals surface area contributed by atoms with Crippen LogP contribution in [0.25, 0.3) is 21.9 Å². The Balaban J connectivity index is 2.28. The maximum Gasteiger partial charge on any atom is 0.157 e. The second-order valence-electron chi connectivity index (χ2n) is 5.18. The van der Waals surface area contributed by atoms with Gasteiger partial charge in [0.15, 0.2) is 5.54 Å². The van der Waals surface area contributed by atoms with Crippen molar-refractivity contribution in [1.82, 2.24) is 0 Å². The molecule has 0 unspecified atom stereocenters. The first-order chi connectivity index (χ1) is 9.61. The highest BCUT2D eigenvalue weighted by molar-refractivity contribution is 6.07. The Morgan fingerprint density at radius 1 is 1.05 bits per heavy atom. The smallest absolute Gasteiger partial charge is 0.157 e. The van der Waals surface area contributed by atoms with Crippen LogP contribution >= 0.6 is 0 Å². The van der Waals surface area contributed by atoms with Gasteiger partial charge in [-0.25, -0.2) is 0 Å². The summed E-state index contributed by atoms with van der Waals surface area (Å²) in [7, 11) is 0. The van der Waals surface area contributed by atoms with E-state index in [9.17, 15) is 4.91 Å². The summed E-state index contributed by atoms with van der Waals surface area (Å²) in [4.78, 5) is 10.7. The third-order valence-electron chi connectivity index (χ3n) is 3.13. The van der Waals surface area contributed by atoms with Crippen molar-refractivity contribution < 1.29 is 4.42 Å². The van der Waals surface area contributed by atoms with Gasteiger partial charge in [0.2, 0.25) is 0 Å². The highest BCUT2D eigenvalue weighted by atomic mass is 16.3. The average Bonchev–Trinajstić information content (AvgIpc) is 2.84. The number of nitroso groups, excluding NO2 is 1. The highest BCUT2D eigenvalue weighted by Gasteiger charge is 2.14. The Morgan fingerprint density at radius 2 is 1.80 bits per heavy atom. The molecule has 0 aliphatic heterocycles. The number of rotatable bonds is 1. The van der Waals surface area contributed by atoms with Gasteiger partial charge in [-0.2, -0.15) is 0 Å². The van der Waals surface area contributed by atoms with Gasteiger partial charge in [-0.1, -0.05) is 41.3 Å². The third-order valence-corrected chi connectivity index (χ3v) is 3.13. The van der Waals surface area contributed by atoms with Crippen LogP contribution in [0.2, 0.25) is 0 Å². The molecule has 20 heavy (non-hydrogen) atoms. The summed E-state index contributed by atoms with van der Waals surface area (Å²) >= 11 is 0. The molecule has 3 nitrogen and oxygen atoms in total. The van der Waals surface area contributed by atoms with Crippen molar-refractivity contribution in [3.8, 4) is 11.8 Å². The van der Waals surface area contributed by atoms with Crippen LogP contribution < -0.4 is 0 Å². The molecule has 0 bridgehead atoms. The highest BCUT2D eigenvalue weighted by Crippen LogP contribution is 2.30. The van der Waals surface area contributed by atoms with Crippen LogP contribution in [0.1, 0.15) is 19.4 Å². The van der Waals surface area contributed by atoms with Gasteiger partial charge < -0.3 is 4.42 Å². The standard InChI is InChI=1S/C17H13NO2/c1-17(2,18-19)11-10-12-6-5-9-15-16(12)13-7-3-4-8-14(13)20-15/h3-9H,1-2H3. The molecule has 0 aliphatic carbocycles.